The number of hydrogen-bond donors (Lipinski definition) is 1. The van der Waals surface area contributed by atoms with Crippen LogP contribution in [0, 0.1) is 0 Å². The van der Waals surface area contributed by atoms with Gasteiger partial charge in [0.25, 0.3) is 0 Å². The van der Waals surface area contributed by atoms with E-state index in [2.05, 4.69) is 9.97 Å². The van der Waals surface area contributed by atoms with Crippen LogP contribution in [0.25, 0.3) is 44.2 Å². The zero-order valence-corrected chi connectivity index (χ0v) is 16.5. The van der Waals surface area contributed by atoms with Crippen molar-refractivity contribution in [1.29, 1.82) is 0 Å². The van der Waals surface area contributed by atoms with Crippen LogP contribution < -0.4 is 0 Å². The third kappa shape index (κ3) is 3.44. The fourth-order valence-electron chi connectivity index (χ4n) is 3.04. The molecule has 29 heavy (non-hydrogen) atoms. The molecule has 0 fully saturated rings. The molecule has 0 saturated carbocycles. The summed E-state index contributed by atoms with van der Waals surface area (Å²) in [6, 6.07) is 16.4. The van der Waals surface area contributed by atoms with Crippen LogP contribution in [0.15, 0.2) is 72.4 Å². The highest BCUT2D eigenvalue weighted by atomic mass is 35.5. The maximum absolute atomic E-state index is 10.0. The molecule has 0 aliphatic rings. The molecule has 3 aromatic heterocycles. The van der Waals surface area contributed by atoms with Crippen molar-refractivity contribution >= 4 is 33.8 Å². The molecule has 0 amide bonds. The summed E-state index contributed by atoms with van der Waals surface area (Å²) in [5.41, 5.74) is 4.05. The second-order valence-electron chi connectivity index (χ2n) is 6.38. The average molecular weight is 417 g/mol. The van der Waals surface area contributed by atoms with E-state index in [0.717, 1.165) is 32.7 Å². The molecule has 5 aromatic rings. The summed E-state index contributed by atoms with van der Waals surface area (Å²) in [6.07, 6.45) is 3.44. The molecule has 0 saturated heterocycles. The second-order valence-corrected chi connectivity index (χ2v) is 7.68. The van der Waals surface area contributed by atoms with E-state index in [1.54, 1.807) is 30.6 Å². The number of fused-ring (bicyclic) bond motifs is 1. The number of pyridine rings is 1. The summed E-state index contributed by atoms with van der Waals surface area (Å²) in [4.78, 5) is 18.4. The zero-order valence-electron chi connectivity index (χ0n) is 15.0. The summed E-state index contributed by atoms with van der Waals surface area (Å²) in [5, 5.41) is 14.2. The Morgan fingerprint density at radius 1 is 0.897 bits per heavy atom. The Bertz CT molecular complexity index is 1320. The lowest BCUT2D eigenvalue weighted by atomic mass is 10.1. The van der Waals surface area contributed by atoms with Crippen LogP contribution in [0.5, 0.6) is 5.75 Å². The summed E-state index contributed by atoms with van der Waals surface area (Å²) in [5.74, 6) is 0.723. The van der Waals surface area contributed by atoms with E-state index in [9.17, 15) is 5.11 Å². The molecule has 5 nitrogen and oxygen atoms in total. The number of hydrogen-bond acceptors (Lipinski definition) is 6. The van der Waals surface area contributed by atoms with E-state index < -0.39 is 0 Å². The molecule has 0 spiro atoms. The van der Waals surface area contributed by atoms with E-state index in [1.165, 1.54) is 11.3 Å². The summed E-state index contributed by atoms with van der Waals surface area (Å²) in [7, 11) is 0. The lowest BCUT2D eigenvalue weighted by Crippen LogP contribution is -1.95. The minimum Gasteiger partial charge on any atom is -0.508 e. The van der Waals surface area contributed by atoms with Crippen molar-refractivity contribution < 1.29 is 5.11 Å². The highest BCUT2D eigenvalue weighted by molar-refractivity contribution is 7.13. The Morgan fingerprint density at radius 2 is 1.76 bits per heavy atom. The van der Waals surface area contributed by atoms with Gasteiger partial charge in [-0.25, -0.2) is 15.0 Å². The van der Waals surface area contributed by atoms with Crippen molar-refractivity contribution in [1.82, 2.24) is 19.9 Å². The topological polar surface area (TPSA) is 71.8 Å². The molecule has 0 aliphatic carbocycles. The van der Waals surface area contributed by atoms with Crippen molar-refractivity contribution in [3.63, 3.8) is 0 Å². The Kier molecular flexibility index (Phi) is 4.42. The summed E-state index contributed by atoms with van der Waals surface area (Å²) >= 11 is 7.49. The molecule has 0 radical (unpaired) electrons. The number of rotatable bonds is 3. The van der Waals surface area contributed by atoms with Gasteiger partial charge in [-0.15, -0.1) is 11.3 Å². The maximum atomic E-state index is 10.0. The van der Waals surface area contributed by atoms with Gasteiger partial charge in [0.1, 0.15) is 16.5 Å². The quantitative estimate of drug-likeness (QED) is 0.400. The molecular weight excluding hydrogens is 404 g/mol. The van der Waals surface area contributed by atoms with Gasteiger partial charge in [0.05, 0.1) is 11.2 Å². The Hall–Kier alpha value is -3.35. The van der Waals surface area contributed by atoms with E-state index in [4.69, 9.17) is 21.6 Å². The lowest BCUT2D eigenvalue weighted by Gasteiger charge is -2.07. The molecule has 7 heteroatoms. The highest BCUT2D eigenvalue weighted by Gasteiger charge is 2.16. The van der Waals surface area contributed by atoms with Gasteiger partial charge in [0, 0.05) is 39.3 Å². The number of benzene rings is 2. The molecule has 0 unspecified atom stereocenters. The first-order valence-corrected chi connectivity index (χ1v) is 10.1. The molecule has 5 rings (SSSR count). The van der Waals surface area contributed by atoms with Crippen molar-refractivity contribution in [3.05, 3.63) is 77.4 Å². The molecule has 0 atom stereocenters. The van der Waals surface area contributed by atoms with E-state index >= 15 is 0 Å². The largest absolute Gasteiger partial charge is 0.508 e. The Morgan fingerprint density at radius 3 is 2.55 bits per heavy atom. The van der Waals surface area contributed by atoms with Crippen molar-refractivity contribution in [2.45, 2.75) is 0 Å². The van der Waals surface area contributed by atoms with Crippen LogP contribution in [-0.4, -0.2) is 25.0 Å². The second kappa shape index (κ2) is 7.24. The minimum atomic E-state index is 0.158. The number of nitrogens with zero attached hydrogens (tertiary/aromatic N) is 4. The SMILES string of the molecule is Oc1ccc2nc(-c3cccnc3)nc(-c3nc(-c4ccc(Cl)cc4)cs3)c2c1. The number of halogens is 1. The molecule has 1 N–H and O–H groups in total. The summed E-state index contributed by atoms with van der Waals surface area (Å²) < 4.78 is 0. The molecule has 0 bridgehead atoms. The van der Waals surface area contributed by atoms with Gasteiger partial charge in [-0.3, -0.25) is 4.98 Å². The van der Waals surface area contributed by atoms with Crippen LogP contribution in [0.4, 0.5) is 0 Å². The van der Waals surface area contributed by atoms with E-state index in [0.29, 0.717) is 16.5 Å². The molecular formula is C22H13ClN4OS. The van der Waals surface area contributed by atoms with Crippen molar-refractivity contribution in [2.75, 3.05) is 0 Å². The van der Waals surface area contributed by atoms with Crippen LogP contribution in [0.2, 0.25) is 5.02 Å². The third-order valence-corrected chi connectivity index (χ3v) is 5.55. The van der Waals surface area contributed by atoms with Gasteiger partial charge in [-0.05, 0) is 42.5 Å². The smallest absolute Gasteiger partial charge is 0.162 e. The first-order chi connectivity index (χ1) is 14.2. The first kappa shape index (κ1) is 17.7. The first-order valence-electron chi connectivity index (χ1n) is 8.80. The van der Waals surface area contributed by atoms with Crippen LogP contribution in [0.1, 0.15) is 0 Å². The van der Waals surface area contributed by atoms with Gasteiger partial charge in [-0.1, -0.05) is 23.7 Å². The van der Waals surface area contributed by atoms with Gasteiger partial charge in [0.15, 0.2) is 5.82 Å². The monoisotopic (exact) mass is 416 g/mol. The normalized spacial score (nSPS) is 11.1. The minimum absolute atomic E-state index is 0.158. The van der Waals surface area contributed by atoms with Crippen LogP contribution in [0.3, 0.4) is 0 Å². The predicted octanol–water partition coefficient (Wildman–Crippen LogP) is 5.84. The standard InChI is InChI=1S/C22H13ClN4OS/c23-15-5-3-13(4-6-15)19-12-29-22(26-19)20-17-10-16(28)7-8-18(17)25-21(27-20)14-2-1-9-24-11-14/h1-12,28H. The average Bonchev–Trinajstić information content (AvgIpc) is 3.24. The van der Waals surface area contributed by atoms with Gasteiger partial charge in [0.2, 0.25) is 0 Å². The fraction of sp³-hybridized carbons (Fsp3) is 0. The highest BCUT2D eigenvalue weighted by Crippen LogP contribution is 2.34. The van der Waals surface area contributed by atoms with Crippen molar-refractivity contribution in [2.24, 2.45) is 0 Å². The molecule has 3 heterocycles. The molecule has 140 valence electrons. The fourth-order valence-corrected chi connectivity index (χ4v) is 4.00. The van der Waals surface area contributed by atoms with Gasteiger partial charge >= 0.3 is 0 Å². The Labute approximate surface area is 175 Å². The predicted molar refractivity (Wildman–Crippen MR) is 116 cm³/mol. The molecule has 0 aliphatic heterocycles. The number of aromatic nitrogens is 4. The van der Waals surface area contributed by atoms with Crippen LogP contribution in [-0.2, 0) is 0 Å². The van der Waals surface area contributed by atoms with Gasteiger partial charge < -0.3 is 5.11 Å². The Balaban J connectivity index is 1.69. The van der Waals surface area contributed by atoms with Crippen molar-refractivity contribution in [3.8, 4) is 39.1 Å². The number of phenolic OH excluding ortho intramolecular Hbond substituents is 1. The van der Waals surface area contributed by atoms with E-state index in [-0.39, 0.29) is 5.75 Å². The summed E-state index contributed by atoms with van der Waals surface area (Å²) in [6.45, 7) is 0. The van der Waals surface area contributed by atoms with Gasteiger partial charge in [-0.2, -0.15) is 0 Å². The third-order valence-electron chi connectivity index (χ3n) is 4.45. The number of aromatic hydroxyl groups is 1. The number of phenols is 1. The number of thiazole rings is 1. The van der Waals surface area contributed by atoms with Crippen LogP contribution >= 0.6 is 22.9 Å². The lowest BCUT2D eigenvalue weighted by molar-refractivity contribution is 0.476. The van der Waals surface area contributed by atoms with E-state index in [1.807, 2.05) is 41.8 Å². The molecule has 2 aromatic carbocycles. The zero-order chi connectivity index (χ0) is 19.8. The maximum Gasteiger partial charge on any atom is 0.162 e.